The van der Waals surface area contributed by atoms with Crippen molar-refractivity contribution in [1.29, 1.82) is 5.26 Å². The third-order valence-electron chi connectivity index (χ3n) is 6.41. The number of nitriles is 1. The third-order valence-corrected chi connectivity index (χ3v) is 7.80. The number of nitrogens with zero attached hydrogens (tertiary/aromatic N) is 5. The Bertz CT molecular complexity index is 1620. The number of pyridine rings is 1. The molecule has 1 fully saturated rings. The minimum Gasteiger partial charge on any atom is -0.369 e. The summed E-state index contributed by atoms with van der Waals surface area (Å²) in [5.74, 6) is 0.107. The van der Waals surface area contributed by atoms with Crippen LogP contribution in [0.4, 0.5) is 17.3 Å². The molecule has 0 saturated carbocycles. The van der Waals surface area contributed by atoms with Crippen molar-refractivity contribution in [3.63, 3.8) is 0 Å². The maximum absolute atomic E-state index is 12.9. The number of piperazine rings is 1. The van der Waals surface area contributed by atoms with E-state index in [0.717, 1.165) is 43.2 Å². The fourth-order valence-electron chi connectivity index (χ4n) is 4.36. The molecule has 1 aromatic carbocycles. The first-order chi connectivity index (χ1) is 19.8. The van der Waals surface area contributed by atoms with Gasteiger partial charge in [0.2, 0.25) is 5.91 Å². The van der Waals surface area contributed by atoms with Crippen LogP contribution in [0.3, 0.4) is 0 Å². The number of amides is 2. The van der Waals surface area contributed by atoms with Crippen LogP contribution in [0.2, 0.25) is 5.02 Å². The molecule has 1 aliphatic heterocycles. The average Bonchev–Trinajstić information content (AvgIpc) is 3.28. The second kappa shape index (κ2) is 13.9. The Morgan fingerprint density at radius 3 is 2.46 bits per heavy atom. The highest BCUT2D eigenvalue weighted by atomic mass is 35.5. The minimum atomic E-state index is -0.522. The molecule has 41 heavy (non-hydrogen) atoms. The smallest absolute Gasteiger partial charge is 0.270 e. The van der Waals surface area contributed by atoms with E-state index < -0.39 is 5.91 Å². The van der Waals surface area contributed by atoms with Gasteiger partial charge in [0.15, 0.2) is 5.57 Å². The van der Waals surface area contributed by atoms with Crippen LogP contribution < -0.4 is 35.6 Å². The van der Waals surface area contributed by atoms with Crippen molar-refractivity contribution < 1.29 is 9.59 Å². The van der Waals surface area contributed by atoms with Gasteiger partial charge in [0.25, 0.3) is 11.5 Å². The Hall–Kier alpha value is -4.18. The van der Waals surface area contributed by atoms with Gasteiger partial charge in [-0.2, -0.15) is 5.26 Å². The molecule has 0 radical (unpaired) electrons. The summed E-state index contributed by atoms with van der Waals surface area (Å²) < 4.78 is 2.00. The number of halogens is 1. The molecule has 3 heterocycles. The first kappa shape index (κ1) is 29.8. The van der Waals surface area contributed by atoms with Crippen molar-refractivity contribution in [3.8, 4) is 6.07 Å². The number of nitrogens with one attached hydrogen (secondary N) is 3. The van der Waals surface area contributed by atoms with Crippen LogP contribution in [0.25, 0.3) is 11.8 Å². The number of rotatable bonds is 9. The lowest BCUT2D eigenvalue weighted by Gasteiger charge is -2.35. The van der Waals surface area contributed by atoms with E-state index >= 15 is 0 Å². The molecule has 11 nitrogen and oxygen atoms in total. The largest absolute Gasteiger partial charge is 0.369 e. The van der Waals surface area contributed by atoms with Gasteiger partial charge in [-0.25, -0.2) is 4.98 Å². The SMILES string of the molecule is CCNC(=O)/C(C#N)=c1\s/c(=C/Nc2cccc(NC(=O)CN3CCN(c4ccc(Cl)cc4)CC3)n2)c(=O)n1CC. The van der Waals surface area contributed by atoms with Gasteiger partial charge in [0, 0.05) is 56.2 Å². The Morgan fingerprint density at radius 2 is 1.80 bits per heavy atom. The van der Waals surface area contributed by atoms with Gasteiger partial charge in [-0.3, -0.25) is 23.9 Å². The Kier molecular flexibility index (Phi) is 10.1. The monoisotopic (exact) mass is 594 g/mol. The summed E-state index contributed by atoms with van der Waals surface area (Å²) in [6, 6.07) is 14.8. The number of aromatic nitrogens is 2. The molecular weight excluding hydrogens is 564 g/mol. The fraction of sp³-hybridized carbons (Fsp3) is 0.321. The van der Waals surface area contributed by atoms with Gasteiger partial charge in [-0.1, -0.05) is 17.7 Å². The summed E-state index contributed by atoms with van der Waals surface area (Å²) >= 11 is 7.04. The van der Waals surface area contributed by atoms with Crippen molar-refractivity contribution in [2.75, 3.05) is 54.8 Å². The zero-order valence-corrected chi connectivity index (χ0v) is 24.4. The number of anilines is 3. The number of carbonyl (C=O) groups is 2. The van der Waals surface area contributed by atoms with E-state index in [9.17, 15) is 19.6 Å². The van der Waals surface area contributed by atoms with Crippen LogP contribution in [0.15, 0.2) is 47.3 Å². The van der Waals surface area contributed by atoms with Crippen LogP contribution >= 0.6 is 22.9 Å². The lowest BCUT2D eigenvalue weighted by molar-refractivity contribution is -0.117. The van der Waals surface area contributed by atoms with Crippen molar-refractivity contribution >= 4 is 63.8 Å². The number of hydrogen-bond donors (Lipinski definition) is 3. The highest BCUT2D eigenvalue weighted by molar-refractivity contribution is 7.07. The normalized spacial score (nSPS) is 14.8. The number of carbonyl (C=O) groups excluding carboxylic acids is 2. The Morgan fingerprint density at radius 1 is 1.10 bits per heavy atom. The molecule has 0 aliphatic carbocycles. The second-order valence-electron chi connectivity index (χ2n) is 9.15. The summed E-state index contributed by atoms with van der Waals surface area (Å²) in [4.78, 5) is 46.7. The predicted molar refractivity (Wildman–Crippen MR) is 162 cm³/mol. The predicted octanol–water partition coefficient (Wildman–Crippen LogP) is 1.40. The zero-order valence-electron chi connectivity index (χ0n) is 22.8. The summed E-state index contributed by atoms with van der Waals surface area (Å²) in [6.45, 7) is 7.57. The Labute approximate surface area is 246 Å². The molecule has 0 unspecified atom stereocenters. The molecule has 4 rings (SSSR count). The van der Waals surface area contributed by atoms with E-state index in [1.54, 1.807) is 32.0 Å². The van der Waals surface area contributed by atoms with E-state index in [2.05, 4.69) is 30.7 Å². The average molecular weight is 595 g/mol. The molecule has 1 saturated heterocycles. The molecule has 13 heteroatoms. The van der Waals surface area contributed by atoms with Crippen LogP contribution in [0.5, 0.6) is 0 Å². The number of hydrogen-bond acceptors (Lipinski definition) is 9. The van der Waals surface area contributed by atoms with Crippen molar-refractivity contribution in [1.82, 2.24) is 19.8 Å². The maximum atomic E-state index is 12.9. The zero-order chi connectivity index (χ0) is 29.4. The summed E-state index contributed by atoms with van der Waals surface area (Å²) in [5, 5.41) is 18.7. The van der Waals surface area contributed by atoms with Gasteiger partial charge < -0.3 is 20.9 Å². The molecule has 2 amide bonds. The van der Waals surface area contributed by atoms with Gasteiger partial charge >= 0.3 is 0 Å². The maximum Gasteiger partial charge on any atom is 0.270 e. The van der Waals surface area contributed by atoms with E-state index in [0.29, 0.717) is 38.9 Å². The van der Waals surface area contributed by atoms with Crippen LogP contribution in [-0.2, 0) is 16.1 Å². The first-order valence-corrected chi connectivity index (χ1v) is 14.4. The number of benzene rings is 1. The standard InChI is InChI=1S/C28H31ClN8O3S/c1-3-31-26(39)21(16-30)28-37(4-2)27(40)22(41-28)17-32-23-6-5-7-24(33-23)34-25(38)18-35-12-14-36(15-13-35)20-10-8-19(29)9-11-20/h5-11,17H,3-4,12-15,18H2,1-2H3,(H,31,39)(H2,32,33,34,38)/b22-17+,28-21-. The lowest BCUT2D eigenvalue weighted by atomic mass is 10.2. The minimum absolute atomic E-state index is 0.107. The topological polar surface area (TPSA) is 135 Å². The molecule has 0 atom stereocenters. The quantitative estimate of drug-likeness (QED) is 0.338. The molecule has 214 valence electrons. The van der Waals surface area contributed by atoms with E-state index in [1.807, 2.05) is 30.3 Å². The molecule has 3 aromatic rings. The second-order valence-corrected chi connectivity index (χ2v) is 10.6. The fourth-order valence-corrected chi connectivity index (χ4v) is 5.58. The van der Waals surface area contributed by atoms with Gasteiger partial charge in [0.05, 0.1) is 6.54 Å². The van der Waals surface area contributed by atoms with Gasteiger partial charge in [-0.15, -0.1) is 11.3 Å². The van der Waals surface area contributed by atoms with Crippen molar-refractivity contribution in [3.05, 3.63) is 67.0 Å². The highest BCUT2D eigenvalue weighted by Gasteiger charge is 2.20. The van der Waals surface area contributed by atoms with Crippen LogP contribution in [0, 0.1) is 11.3 Å². The van der Waals surface area contributed by atoms with E-state index in [1.165, 1.54) is 10.8 Å². The van der Waals surface area contributed by atoms with Crippen molar-refractivity contribution in [2.45, 2.75) is 20.4 Å². The van der Waals surface area contributed by atoms with E-state index in [-0.39, 0.29) is 23.6 Å². The molecule has 2 aromatic heterocycles. The molecule has 0 bridgehead atoms. The third kappa shape index (κ3) is 7.52. The van der Waals surface area contributed by atoms with Crippen molar-refractivity contribution in [2.24, 2.45) is 0 Å². The summed E-state index contributed by atoms with van der Waals surface area (Å²) in [6.07, 6.45) is 1.49. The van der Waals surface area contributed by atoms with E-state index in [4.69, 9.17) is 11.6 Å². The van der Waals surface area contributed by atoms with Gasteiger partial charge in [-0.05, 0) is 50.2 Å². The molecule has 3 N–H and O–H groups in total. The lowest BCUT2D eigenvalue weighted by Crippen LogP contribution is -2.48. The Balaban J connectivity index is 1.39. The molecular formula is C28H31ClN8O3S. The summed E-state index contributed by atoms with van der Waals surface area (Å²) in [7, 11) is 0. The van der Waals surface area contributed by atoms with Crippen LogP contribution in [-0.4, -0.2) is 65.5 Å². The first-order valence-electron chi connectivity index (χ1n) is 13.2. The van der Waals surface area contributed by atoms with Crippen LogP contribution in [0.1, 0.15) is 13.8 Å². The van der Waals surface area contributed by atoms with Gasteiger partial charge in [0.1, 0.15) is 26.9 Å². The number of thiazole rings is 1. The molecule has 1 aliphatic rings. The highest BCUT2D eigenvalue weighted by Crippen LogP contribution is 2.19. The summed E-state index contributed by atoms with van der Waals surface area (Å²) in [5.41, 5.74) is 0.684. The molecule has 0 spiro atoms.